The van der Waals surface area contributed by atoms with Crippen LogP contribution in [0, 0.1) is 11.3 Å². The lowest BCUT2D eigenvalue weighted by molar-refractivity contribution is -0.171. The van der Waals surface area contributed by atoms with Crippen LogP contribution in [0.25, 0.3) is 0 Å². The average molecular weight is 849 g/mol. The Kier molecular flexibility index (Phi) is 41.6. The molecule has 0 saturated heterocycles. The van der Waals surface area contributed by atoms with Gasteiger partial charge in [-0.2, -0.15) is 0 Å². The van der Waals surface area contributed by atoms with Gasteiger partial charge in [-0.25, -0.2) is 0 Å². The zero-order valence-electron chi connectivity index (χ0n) is 40.0. The second-order valence-electron chi connectivity index (χ2n) is 18.6. The summed E-state index contributed by atoms with van der Waals surface area (Å²) < 4.78 is 0. The van der Waals surface area contributed by atoms with E-state index in [4.69, 9.17) is 0 Å². The number of aliphatic carboxylic acids is 1. The van der Waals surface area contributed by atoms with Crippen molar-refractivity contribution in [2.75, 3.05) is 6.61 Å². The maximum atomic E-state index is 14.2. The first-order valence-electron chi connectivity index (χ1n) is 26.4. The topological polar surface area (TPSA) is 129 Å². The number of carboxylic acids is 1. The molecule has 0 aromatic heterocycles. The molecule has 3 N–H and O–H groups in total. The van der Waals surface area contributed by atoms with Crippen molar-refractivity contribution in [3.63, 3.8) is 0 Å². The zero-order chi connectivity index (χ0) is 44.4. The molecule has 0 amide bonds. The van der Waals surface area contributed by atoms with Gasteiger partial charge in [0.2, 0.25) is 0 Å². The second kappa shape index (κ2) is 42.7. The molecular weight excluding hydrogens is 749 g/mol. The molecule has 0 aliphatic heterocycles. The molecule has 0 heterocycles. The fraction of sp³-hybridized carbons (Fsp3) is 0.925. The summed E-state index contributed by atoms with van der Waals surface area (Å²) >= 11 is 0. The molecule has 0 radical (unpaired) electrons. The van der Waals surface area contributed by atoms with Crippen molar-refractivity contribution in [3.05, 3.63) is 0 Å². The quantitative estimate of drug-likeness (QED) is 0.0411. The number of carbonyl (C=O) groups is 4. The summed E-state index contributed by atoms with van der Waals surface area (Å²) in [4.78, 5) is 55.6. The number of aliphatic hydroxyl groups excluding tert-OH is 2. The Labute approximate surface area is 371 Å². The standard InChI is InChI=1S/C53H100O7/c1-4-7-10-13-16-19-22-25-28-31-34-37-40-43-47(48(55)44-41-38-35-32-29-26-23-20-17-14-11-8-5-2)53(52(59)60,51(58)49(56)46-54)50(57)45-42-39-36-33-30-27-24-21-18-15-12-9-6-3/h47,49,54,56H,4-46H2,1-3H3,(H,59,60). The molecule has 0 spiro atoms. The summed E-state index contributed by atoms with van der Waals surface area (Å²) in [6.07, 6.45) is 42.5. The third-order valence-corrected chi connectivity index (χ3v) is 13.2. The molecule has 7 nitrogen and oxygen atoms in total. The number of rotatable bonds is 49. The van der Waals surface area contributed by atoms with E-state index in [1.54, 1.807) is 0 Å². The number of hydrogen-bond acceptors (Lipinski definition) is 6. The molecule has 3 unspecified atom stereocenters. The molecule has 3 atom stereocenters. The van der Waals surface area contributed by atoms with E-state index in [-0.39, 0.29) is 25.0 Å². The van der Waals surface area contributed by atoms with Crippen LogP contribution in [0.4, 0.5) is 0 Å². The van der Waals surface area contributed by atoms with Crippen molar-refractivity contribution in [1.82, 2.24) is 0 Å². The lowest BCUT2D eigenvalue weighted by atomic mass is 9.63. The highest BCUT2D eigenvalue weighted by Gasteiger charge is 2.60. The fourth-order valence-electron chi connectivity index (χ4n) is 9.20. The minimum absolute atomic E-state index is 0.115. The van der Waals surface area contributed by atoms with Gasteiger partial charge in [0.25, 0.3) is 0 Å². The predicted octanol–water partition coefficient (Wildman–Crippen LogP) is 15.2. The van der Waals surface area contributed by atoms with Gasteiger partial charge in [0.15, 0.2) is 17.0 Å². The molecule has 60 heavy (non-hydrogen) atoms. The first-order chi connectivity index (χ1) is 29.2. The fourth-order valence-corrected chi connectivity index (χ4v) is 9.20. The predicted molar refractivity (Wildman–Crippen MR) is 253 cm³/mol. The smallest absolute Gasteiger partial charge is 0.325 e. The SMILES string of the molecule is CCCCCCCCCCCCCCCC(=O)C(CCCCCCCCCCCCCCC)C(C(=O)O)(C(=O)CCCCCCCCCCCCCCC)C(=O)C(O)CO. The molecule has 354 valence electrons. The Morgan fingerprint density at radius 3 is 0.950 bits per heavy atom. The molecule has 0 rings (SSSR count). The normalized spacial score (nSPS) is 13.6. The van der Waals surface area contributed by atoms with Crippen molar-refractivity contribution < 1.29 is 34.5 Å². The van der Waals surface area contributed by atoms with Crippen molar-refractivity contribution in [2.45, 2.75) is 297 Å². The summed E-state index contributed by atoms with van der Waals surface area (Å²) in [5, 5.41) is 31.3. The molecule has 0 aliphatic rings. The number of carbonyl (C=O) groups excluding carboxylic acids is 3. The second-order valence-corrected chi connectivity index (χ2v) is 18.6. The molecular formula is C53H100O7. The number of hydrogen-bond donors (Lipinski definition) is 3. The van der Waals surface area contributed by atoms with Crippen LogP contribution in [0.5, 0.6) is 0 Å². The summed E-state index contributed by atoms with van der Waals surface area (Å²) in [6.45, 7) is 5.73. The van der Waals surface area contributed by atoms with E-state index in [0.717, 1.165) is 70.6 Å². The van der Waals surface area contributed by atoms with Crippen LogP contribution in [0.2, 0.25) is 0 Å². The van der Waals surface area contributed by atoms with Crippen molar-refractivity contribution in [2.24, 2.45) is 11.3 Å². The molecule has 0 saturated carbocycles. The molecule has 0 aliphatic carbocycles. The molecule has 7 heteroatoms. The molecule has 0 aromatic rings. The van der Waals surface area contributed by atoms with Crippen LogP contribution in [0.1, 0.15) is 290 Å². The highest BCUT2D eigenvalue weighted by atomic mass is 16.4. The van der Waals surface area contributed by atoms with Gasteiger partial charge in [-0.15, -0.1) is 0 Å². The van der Waals surface area contributed by atoms with E-state index < -0.39 is 41.6 Å². The van der Waals surface area contributed by atoms with Crippen LogP contribution < -0.4 is 0 Å². The number of ketones is 3. The Morgan fingerprint density at radius 1 is 0.400 bits per heavy atom. The lowest BCUT2D eigenvalue weighted by Gasteiger charge is -2.35. The largest absolute Gasteiger partial charge is 0.480 e. The maximum Gasteiger partial charge on any atom is 0.325 e. The van der Waals surface area contributed by atoms with Crippen LogP contribution in [0.15, 0.2) is 0 Å². The van der Waals surface area contributed by atoms with Gasteiger partial charge in [0.05, 0.1) is 6.61 Å². The minimum atomic E-state index is -2.68. The van der Waals surface area contributed by atoms with E-state index in [0.29, 0.717) is 19.3 Å². The van der Waals surface area contributed by atoms with E-state index in [1.165, 1.54) is 161 Å². The third kappa shape index (κ3) is 28.9. The minimum Gasteiger partial charge on any atom is -0.480 e. The van der Waals surface area contributed by atoms with Gasteiger partial charge < -0.3 is 15.3 Å². The first kappa shape index (κ1) is 58.4. The van der Waals surface area contributed by atoms with E-state index in [1.807, 2.05) is 0 Å². The van der Waals surface area contributed by atoms with Gasteiger partial charge in [-0.05, 0) is 19.3 Å². The third-order valence-electron chi connectivity index (χ3n) is 13.2. The van der Waals surface area contributed by atoms with Crippen LogP contribution in [-0.4, -0.2) is 51.3 Å². The van der Waals surface area contributed by atoms with Crippen LogP contribution in [0.3, 0.4) is 0 Å². The van der Waals surface area contributed by atoms with E-state index in [9.17, 15) is 34.5 Å². The van der Waals surface area contributed by atoms with Crippen molar-refractivity contribution >= 4 is 23.3 Å². The van der Waals surface area contributed by atoms with E-state index in [2.05, 4.69) is 20.8 Å². The average Bonchev–Trinajstić information content (AvgIpc) is 3.24. The lowest BCUT2D eigenvalue weighted by Crippen LogP contribution is -2.58. The highest BCUT2D eigenvalue weighted by molar-refractivity contribution is 6.25. The number of unbranched alkanes of at least 4 members (excludes halogenated alkanes) is 36. The molecule has 0 aromatic carbocycles. The van der Waals surface area contributed by atoms with Gasteiger partial charge in [-0.3, -0.25) is 19.2 Å². The molecule has 0 fully saturated rings. The Bertz CT molecular complexity index is 1010. The number of Topliss-reactive ketones (excluding diaryl/α,β-unsaturated/α-hetero) is 3. The number of aliphatic hydroxyl groups is 2. The summed E-state index contributed by atoms with van der Waals surface area (Å²) in [6, 6.07) is 0. The van der Waals surface area contributed by atoms with Gasteiger partial charge in [0.1, 0.15) is 11.9 Å². The van der Waals surface area contributed by atoms with Crippen LogP contribution >= 0.6 is 0 Å². The maximum absolute atomic E-state index is 14.2. The summed E-state index contributed by atoms with van der Waals surface area (Å²) in [5.41, 5.74) is -2.68. The van der Waals surface area contributed by atoms with Crippen LogP contribution in [-0.2, 0) is 19.2 Å². The monoisotopic (exact) mass is 849 g/mol. The zero-order valence-corrected chi connectivity index (χ0v) is 40.0. The van der Waals surface area contributed by atoms with Gasteiger partial charge in [-0.1, -0.05) is 258 Å². The number of carboxylic acid groups (broad SMARTS) is 1. The highest BCUT2D eigenvalue weighted by Crippen LogP contribution is 2.39. The van der Waals surface area contributed by atoms with Crippen molar-refractivity contribution in [1.29, 1.82) is 0 Å². The van der Waals surface area contributed by atoms with Gasteiger partial charge in [0, 0.05) is 18.8 Å². The Balaban J connectivity index is 5.41. The summed E-state index contributed by atoms with van der Waals surface area (Å²) in [5.74, 6) is -5.37. The Morgan fingerprint density at radius 2 is 0.667 bits per heavy atom. The first-order valence-corrected chi connectivity index (χ1v) is 26.4. The summed E-state index contributed by atoms with van der Waals surface area (Å²) in [7, 11) is 0. The molecule has 0 bridgehead atoms. The Hall–Kier alpha value is -1.60. The van der Waals surface area contributed by atoms with E-state index >= 15 is 0 Å². The van der Waals surface area contributed by atoms with Crippen molar-refractivity contribution in [3.8, 4) is 0 Å². The van der Waals surface area contributed by atoms with Gasteiger partial charge >= 0.3 is 5.97 Å².